The Labute approximate surface area is 144 Å². The zero-order valence-corrected chi connectivity index (χ0v) is 14.0. The molecule has 0 spiro atoms. The fraction of sp³-hybridized carbons (Fsp3) is 0.150. The molecule has 2 amide bonds. The van der Waals surface area contributed by atoms with E-state index in [0.717, 1.165) is 27.7 Å². The van der Waals surface area contributed by atoms with Gasteiger partial charge in [-0.2, -0.15) is 0 Å². The highest BCUT2D eigenvalue weighted by atomic mass is 16.2. The summed E-state index contributed by atoms with van der Waals surface area (Å²) in [6.07, 6.45) is 7.40. The first-order chi connectivity index (χ1) is 12.0. The van der Waals surface area contributed by atoms with Gasteiger partial charge in [0.1, 0.15) is 0 Å². The molecular formula is C20H17N3O2. The highest BCUT2D eigenvalue weighted by Crippen LogP contribution is 2.29. The number of benzene rings is 1. The van der Waals surface area contributed by atoms with E-state index >= 15 is 0 Å². The van der Waals surface area contributed by atoms with E-state index in [1.807, 2.05) is 50.4 Å². The van der Waals surface area contributed by atoms with Crippen LogP contribution in [-0.4, -0.2) is 22.5 Å². The predicted molar refractivity (Wildman–Crippen MR) is 97.3 cm³/mol. The van der Waals surface area contributed by atoms with Gasteiger partial charge in [0.15, 0.2) is 0 Å². The maximum Gasteiger partial charge on any atom is 0.277 e. The van der Waals surface area contributed by atoms with Crippen molar-refractivity contribution in [1.29, 1.82) is 0 Å². The van der Waals surface area contributed by atoms with Crippen LogP contribution in [0.1, 0.15) is 24.2 Å². The van der Waals surface area contributed by atoms with Crippen LogP contribution in [0.25, 0.3) is 10.9 Å². The lowest BCUT2D eigenvalue weighted by molar-refractivity contribution is -0.117. The van der Waals surface area contributed by atoms with E-state index in [4.69, 9.17) is 0 Å². The van der Waals surface area contributed by atoms with Crippen LogP contribution in [-0.2, 0) is 4.79 Å². The maximum absolute atomic E-state index is 12.5. The zero-order valence-electron chi connectivity index (χ0n) is 14.0. The van der Waals surface area contributed by atoms with Crippen molar-refractivity contribution in [3.05, 3.63) is 71.1 Å². The smallest absolute Gasteiger partial charge is 0.277 e. The minimum Gasteiger partial charge on any atom is -0.361 e. The van der Waals surface area contributed by atoms with E-state index in [9.17, 15) is 9.59 Å². The number of H-pyrrole nitrogens is 1. The molecule has 5 nitrogen and oxygen atoms in total. The Morgan fingerprint density at radius 3 is 2.88 bits per heavy atom. The van der Waals surface area contributed by atoms with Gasteiger partial charge in [0, 0.05) is 39.9 Å². The molecule has 2 aromatic rings. The van der Waals surface area contributed by atoms with Crippen LogP contribution in [0.15, 0.2) is 70.5 Å². The number of nitrogens with zero attached hydrogens (tertiary/aromatic N) is 1. The molecule has 0 radical (unpaired) electrons. The van der Waals surface area contributed by atoms with Gasteiger partial charge < -0.3 is 10.3 Å². The lowest BCUT2D eigenvalue weighted by Crippen LogP contribution is -2.35. The van der Waals surface area contributed by atoms with Crippen molar-refractivity contribution in [3.63, 3.8) is 0 Å². The number of hydrogen-bond acceptors (Lipinski definition) is 2. The van der Waals surface area contributed by atoms with Crippen LogP contribution in [0.2, 0.25) is 0 Å². The van der Waals surface area contributed by atoms with Gasteiger partial charge in [-0.25, -0.2) is 4.99 Å². The molecule has 0 bridgehead atoms. The van der Waals surface area contributed by atoms with Crippen molar-refractivity contribution >= 4 is 28.4 Å². The topological polar surface area (TPSA) is 74.3 Å². The van der Waals surface area contributed by atoms with Gasteiger partial charge >= 0.3 is 0 Å². The van der Waals surface area contributed by atoms with Crippen LogP contribution in [0.5, 0.6) is 0 Å². The fourth-order valence-corrected chi connectivity index (χ4v) is 3.16. The first-order valence-electron chi connectivity index (χ1n) is 8.11. The Hall–Kier alpha value is -3.21. The molecule has 2 heterocycles. The number of carbonyl (C=O) groups is 2. The number of carbonyl (C=O) groups excluding carboxylic acids is 2. The Balaban J connectivity index is 1.64. The largest absolute Gasteiger partial charge is 0.361 e. The number of hydrogen-bond donors (Lipinski definition) is 2. The molecule has 1 aliphatic heterocycles. The number of fused-ring (bicyclic) bond motifs is 2. The molecular weight excluding hydrogens is 314 g/mol. The molecule has 25 heavy (non-hydrogen) atoms. The third-order valence-electron chi connectivity index (χ3n) is 4.79. The Kier molecular flexibility index (Phi) is 3.50. The summed E-state index contributed by atoms with van der Waals surface area (Å²) in [5, 5.41) is 3.85. The lowest BCUT2D eigenvalue weighted by Gasteiger charge is -2.28. The number of aromatic amines is 1. The maximum atomic E-state index is 12.5. The van der Waals surface area contributed by atoms with Gasteiger partial charge in [0.25, 0.3) is 11.8 Å². The van der Waals surface area contributed by atoms with Crippen LogP contribution in [0.4, 0.5) is 0 Å². The molecule has 0 fully saturated rings. The Bertz CT molecular complexity index is 1030. The summed E-state index contributed by atoms with van der Waals surface area (Å²) < 4.78 is 0. The third-order valence-corrected chi connectivity index (χ3v) is 4.79. The number of allylic oxidation sites excluding steroid dienone is 3. The molecule has 2 aliphatic rings. The van der Waals surface area contributed by atoms with Gasteiger partial charge in [-0.1, -0.05) is 11.6 Å². The molecule has 1 unspecified atom stereocenters. The average molecular weight is 331 g/mol. The monoisotopic (exact) mass is 331 g/mol. The third kappa shape index (κ3) is 2.63. The van der Waals surface area contributed by atoms with Crippen molar-refractivity contribution in [2.75, 3.05) is 0 Å². The molecule has 124 valence electrons. The SMILES string of the molecule is CC1=C(C)C2C=CC(=NC(=O)c3ccc4[nH]ccc4c3)C=C2NC1=O. The molecule has 5 heteroatoms. The first-order valence-corrected chi connectivity index (χ1v) is 8.11. The average Bonchev–Trinajstić information content (AvgIpc) is 3.07. The van der Waals surface area contributed by atoms with Crippen molar-refractivity contribution in [2.45, 2.75) is 13.8 Å². The van der Waals surface area contributed by atoms with Crippen LogP contribution < -0.4 is 5.32 Å². The van der Waals surface area contributed by atoms with Crippen molar-refractivity contribution in [1.82, 2.24) is 10.3 Å². The lowest BCUT2D eigenvalue weighted by atomic mass is 9.85. The predicted octanol–water partition coefficient (Wildman–Crippen LogP) is 3.29. The summed E-state index contributed by atoms with van der Waals surface area (Å²) in [5.41, 5.74) is 4.58. The minimum atomic E-state index is -0.302. The quantitative estimate of drug-likeness (QED) is 0.841. The zero-order chi connectivity index (χ0) is 17.6. The van der Waals surface area contributed by atoms with Crippen molar-refractivity contribution in [2.24, 2.45) is 10.9 Å². The summed E-state index contributed by atoms with van der Waals surface area (Å²) in [6.45, 7) is 3.77. The molecule has 1 aliphatic carbocycles. The highest BCUT2D eigenvalue weighted by molar-refractivity contribution is 6.14. The molecule has 2 N–H and O–H groups in total. The van der Waals surface area contributed by atoms with E-state index in [0.29, 0.717) is 11.3 Å². The molecule has 1 aromatic carbocycles. The molecule has 1 atom stereocenters. The number of aliphatic imine (C=N–C) groups is 1. The summed E-state index contributed by atoms with van der Waals surface area (Å²) >= 11 is 0. The molecule has 1 aromatic heterocycles. The minimum absolute atomic E-state index is 0.0444. The molecule has 4 rings (SSSR count). The second-order valence-electron chi connectivity index (χ2n) is 6.32. The van der Waals surface area contributed by atoms with Gasteiger partial charge in [0.2, 0.25) is 0 Å². The number of nitrogens with one attached hydrogen (secondary N) is 2. The van der Waals surface area contributed by atoms with Crippen molar-refractivity contribution in [3.8, 4) is 0 Å². The van der Waals surface area contributed by atoms with E-state index < -0.39 is 0 Å². The standard InChI is InChI=1S/C20H17N3O2/c1-11-12(2)19(24)23-18-10-15(4-5-16(11)18)22-20(25)14-3-6-17-13(9-14)7-8-21-17/h3-10,16,21H,1-2H3,(H,23,24). The highest BCUT2D eigenvalue weighted by Gasteiger charge is 2.27. The van der Waals surface area contributed by atoms with E-state index in [1.165, 1.54) is 0 Å². The molecule has 0 saturated carbocycles. The summed E-state index contributed by atoms with van der Waals surface area (Å²) in [5.74, 6) is -0.356. The van der Waals surface area contributed by atoms with Crippen LogP contribution in [0.3, 0.4) is 0 Å². The van der Waals surface area contributed by atoms with Gasteiger partial charge in [-0.3, -0.25) is 9.59 Å². The first kappa shape index (κ1) is 15.3. The Morgan fingerprint density at radius 1 is 1.20 bits per heavy atom. The van der Waals surface area contributed by atoms with Gasteiger partial charge in [0.05, 0.1) is 5.71 Å². The fourth-order valence-electron chi connectivity index (χ4n) is 3.16. The van der Waals surface area contributed by atoms with E-state index in [-0.39, 0.29) is 17.7 Å². The summed E-state index contributed by atoms with van der Waals surface area (Å²) in [6, 6.07) is 7.36. The summed E-state index contributed by atoms with van der Waals surface area (Å²) in [4.78, 5) is 31.7. The van der Waals surface area contributed by atoms with E-state index in [1.54, 1.807) is 12.1 Å². The number of amides is 2. The molecule has 0 saturated heterocycles. The normalized spacial score (nSPS) is 21.4. The Morgan fingerprint density at radius 2 is 2.04 bits per heavy atom. The second kappa shape index (κ2) is 5.70. The number of rotatable bonds is 1. The summed E-state index contributed by atoms with van der Waals surface area (Å²) in [7, 11) is 0. The van der Waals surface area contributed by atoms with Gasteiger partial charge in [-0.15, -0.1) is 0 Å². The van der Waals surface area contributed by atoms with Crippen molar-refractivity contribution < 1.29 is 9.59 Å². The second-order valence-corrected chi connectivity index (χ2v) is 6.32. The van der Waals surface area contributed by atoms with Crippen LogP contribution in [0, 0.1) is 5.92 Å². The van der Waals surface area contributed by atoms with Gasteiger partial charge in [-0.05, 0) is 50.3 Å². The number of aromatic nitrogens is 1. The van der Waals surface area contributed by atoms with Crippen LogP contribution >= 0.6 is 0 Å². The van der Waals surface area contributed by atoms with E-state index in [2.05, 4.69) is 15.3 Å².